The predicted octanol–water partition coefficient (Wildman–Crippen LogP) is 5.25. The number of nitrogens with one attached hydrogen (secondary N) is 2. The van der Waals surface area contributed by atoms with Crippen LogP contribution in [-0.4, -0.2) is 52.7 Å². The summed E-state index contributed by atoms with van der Waals surface area (Å²) in [5, 5.41) is 7.44. The Morgan fingerprint density at radius 1 is 1.22 bits per heavy atom. The van der Waals surface area contributed by atoms with Crippen molar-refractivity contribution in [1.82, 2.24) is 15.1 Å². The van der Waals surface area contributed by atoms with Crippen molar-refractivity contribution in [3.63, 3.8) is 0 Å². The second kappa shape index (κ2) is 10.9. The standard InChI is InChI=1S/C27H33F3N4O2S/c1-4-18(2)23-24(35)34(17-19-6-5-7-20(16-19)27(28,29)30)26(32-23)12-14-33(15-13-26)25(37)31-21-8-10-22(36-3)11-9-21/h5-11,16,18,23,32H,4,12-15,17H2,1-3H3,(H,31,37). The largest absolute Gasteiger partial charge is 0.497 e. The third-order valence-corrected chi connectivity index (χ3v) is 7.86. The van der Waals surface area contributed by atoms with E-state index in [-0.39, 0.29) is 24.4 Å². The smallest absolute Gasteiger partial charge is 0.416 e. The lowest BCUT2D eigenvalue weighted by molar-refractivity contribution is -0.137. The van der Waals surface area contributed by atoms with Gasteiger partial charge in [-0.1, -0.05) is 32.4 Å². The lowest BCUT2D eigenvalue weighted by Gasteiger charge is -2.45. The van der Waals surface area contributed by atoms with Crippen LogP contribution in [0.25, 0.3) is 0 Å². The van der Waals surface area contributed by atoms with E-state index in [1.807, 2.05) is 38.1 Å². The maximum absolute atomic E-state index is 13.6. The molecular weight excluding hydrogens is 501 g/mol. The van der Waals surface area contributed by atoms with Crippen molar-refractivity contribution in [2.24, 2.45) is 5.92 Å². The maximum Gasteiger partial charge on any atom is 0.416 e. The van der Waals surface area contributed by atoms with Gasteiger partial charge in [-0.25, -0.2) is 0 Å². The summed E-state index contributed by atoms with van der Waals surface area (Å²) in [5.74, 6) is 0.802. The molecular formula is C27H33F3N4O2S. The number of halogens is 3. The normalized spacial score (nSPS) is 20.3. The average molecular weight is 535 g/mol. The van der Waals surface area contributed by atoms with E-state index in [0.29, 0.717) is 36.6 Å². The number of amides is 1. The molecule has 2 unspecified atom stereocenters. The van der Waals surface area contributed by atoms with E-state index in [1.54, 1.807) is 18.1 Å². The Bertz CT molecular complexity index is 1120. The van der Waals surface area contributed by atoms with Crippen LogP contribution in [0.5, 0.6) is 5.75 Å². The molecule has 2 saturated heterocycles. The highest BCUT2D eigenvalue weighted by Crippen LogP contribution is 2.37. The molecule has 0 bridgehead atoms. The van der Waals surface area contributed by atoms with Crippen LogP contribution in [0.15, 0.2) is 48.5 Å². The number of hydrogen-bond donors (Lipinski definition) is 2. The summed E-state index contributed by atoms with van der Waals surface area (Å²) < 4.78 is 45.1. The number of thiocarbonyl (C=S) groups is 1. The Morgan fingerprint density at radius 3 is 2.49 bits per heavy atom. The van der Waals surface area contributed by atoms with E-state index >= 15 is 0 Å². The molecule has 2 aliphatic heterocycles. The van der Waals surface area contributed by atoms with E-state index in [0.717, 1.165) is 30.0 Å². The fraction of sp³-hybridized carbons (Fsp3) is 0.481. The maximum atomic E-state index is 13.6. The molecule has 0 aromatic heterocycles. The van der Waals surface area contributed by atoms with Crippen LogP contribution in [0, 0.1) is 5.92 Å². The number of carbonyl (C=O) groups is 1. The van der Waals surface area contributed by atoms with Crippen molar-refractivity contribution in [2.45, 2.75) is 57.5 Å². The zero-order valence-electron chi connectivity index (χ0n) is 21.3. The summed E-state index contributed by atoms with van der Waals surface area (Å²) in [6.07, 6.45) is -2.40. The highest BCUT2D eigenvalue weighted by atomic mass is 32.1. The lowest BCUT2D eigenvalue weighted by atomic mass is 9.95. The van der Waals surface area contributed by atoms with E-state index in [9.17, 15) is 18.0 Å². The summed E-state index contributed by atoms with van der Waals surface area (Å²) in [6, 6.07) is 12.4. The number of alkyl halides is 3. The van der Waals surface area contributed by atoms with Gasteiger partial charge in [0.25, 0.3) is 0 Å². The van der Waals surface area contributed by atoms with Gasteiger partial charge in [-0.05, 0) is 60.1 Å². The van der Waals surface area contributed by atoms with Crippen LogP contribution in [0.4, 0.5) is 18.9 Å². The number of carbonyl (C=O) groups excluding carboxylic acids is 1. The summed E-state index contributed by atoms with van der Waals surface area (Å²) in [5.41, 5.74) is -0.0236. The van der Waals surface area contributed by atoms with Crippen LogP contribution in [-0.2, 0) is 17.5 Å². The molecule has 0 aliphatic carbocycles. The second-order valence-corrected chi connectivity index (χ2v) is 10.2. The topological polar surface area (TPSA) is 56.8 Å². The highest BCUT2D eigenvalue weighted by Gasteiger charge is 2.52. The van der Waals surface area contributed by atoms with Gasteiger partial charge in [0, 0.05) is 38.2 Å². The molecule has 10 heteroatoms. The van der Waals surface area contributed by atoms with Gasteiger partial charge in [-0.15, -0.1) is 0 Å². The third kappa shape index (κ3) is 5.85. The van der Waals surface area contributed by atoms with E-state index in [1.165, 1.54) is 6.07 Å². The van der Waals surface area contributed by atoms with Crippen molar-refractivity contribution in [3.05, 3.63) is 59.7 Å². The van der Waals surface area contributed by atoms with Crippen molar-refractivity contribution in [3.8, 4) is 5.75 Å². The van der Waals surface area contributed by atoms with Crippen molar-refractivity contribution < 1.29 is 22.7 Å². The van der Waals surface area contributed by atoms with Crippen molar-refractivity contribution in [1.29, 1.82) is 0 Å². The Balaban J connectivity index is 1.50. The fourth-order valence-corrected chi connectivity index (χ4v) is 5.36. The SMILES string of the molecule is CCC(C)C1NC2(CCN(C(=S)Nc3ccc(OC)cc3)CC2)N(Cc2cccc(C(F)(F)F)c2)C1=O. The molecule has 0 radical (unpaired) electrons. The number of rotatable bonds is 6. The molecule has 6 nitrogen and oxygen atoms in total. The molecule has 2 heterocycles. The van der Waals surface area contributed by atoms with Crippen LogP contribution in [0.2, 0.25) is 0 Å². The predicted molar refractivity (Wildman–Crippen MR) is 141 cm³/mol. The van der Waals surface area contributed by atoms with Gasteiger partial charge in [0.15, 0.2) is 5.11 Å². The molecule has 1 amide bonds. The van der Waals surface area contributed by atoms with Crippen LogP contribution < -0.4 is 15.4 Å². The number of benzene rings is 2. The minimum absolute atomic E-state index is 0.0563. The van der Waals surface area contributed by atoms with E-state index < -0.39 is 17.4 Å². The van der Waals surface area contributed by atoms with Crippen LogP contribution >= 0.6 is 12.2 Å². The number of likely N-dealkylation sites (tertiary alicyclic amines) is 1. The van der Waals surface area contributed by atoms with Gasteiger partial charge in [-0.3, -0.25) is 10.1 Å². The Kier molecular flexibility index (Phi) is 7.99. The first-order valence-electron chi connectivity index (χ1n) is 12.5. The molecule has 2 fully saturated rings. The number of methoxy groups -OCH3 is 1. The first kappa shape index (κ1) is 27.2. The molecule has 2 aromatic carbocycles. The number of piperidine rings is 1. The van der Waals surface area contributed by atoms with Crippen LogP contribution in [0.3, 0.4) is 0 Å². The summed E-state index contributed by atoms with van der Waals surface area (Å²) in [4.78, 5) is 17.4. The molecule has 0 saturated carbocycles. The van der Waals surface area contributed by atoms with Crippen molar-refractivity contribution >= 4 is 28.9 Å². The Labute approximate surface area is 221 Å². The first-order valence-corrected chi connectivity index (χ1v) is 12.9. The van der Waals surface area contributed by atoms with Crippen molar-refractivity contribution in [2.75, 3.05) is 25.5 Å². The van der Waals surface area contributed by atoms with Gasteiger partial charge in [-0.2, -0.15) is 13.2 Å². The molecule has 1 spiro atoms. The fourth-order valence-electron chi connectivity index (χ4n) is 5.06. The quantitative estimate of drug-likeness (QED) is 0.494. The molecule has 2 aromatic rings. The summed E-state index contributed by atoms with van der Waals surface area (Å²) in [6.45, 7) is 5.40. The van der Waals surface area contributed by atoms with E-state index in [2.05, 4.69) is 15.5 Å². The molecule has 37 heavy (non-hydrogen) atoms. The Morgan fingerprint density at radius 2 is 1.89 bits per heavy atom. The van der Waals surface area contributed by atoms with Gasteiger partial charge >= 0.3 is 6.18 Å². The first-order chi connectivity index (χ1) is 17.6. The highest BCUT2D eigenvalue weighted by molar-refractivity contribution is 7.80. The minimum Gasteiger partial charge on any atom is -0.497 e. The molecule has 2 N–H and O–H groups in total. The number of anilines is 1. The molecule has 200 valence electrons. The number of nitrogens with zero attached hydrogens (tertiary/aromatic N) is 2. The van der Waals surface area contributed by atoms with E-state index in [4.69, 9.17) is 17.0 Å². The number of ether oxygens (including phenoxy) is 1. The Hall–Kier alpha value is -2.85. The second-order valence-electron chi connectivity index (χ2n) is 9.81. The monoisotopic (exact) mass is 534 g/mol. The van der Waals surface area contributed by atoms with Gasteiger partial charge in [0.1, 0.15) is 5.75 Å². The van der Waals surface area contributed by atoms with Gasteiger partial charge in [0.05, 0.1) is 24.4 Å². The zero-order chi connectivity index (χ0) is 26.8. The summed E-state index contributed by atoms with van der Waals surface area (Å²) >= 11 is 5.65. The molecule has 2 aliphatic rings. The summed E-state index contributed by atoms with van der Waals surface area (Å²) in [7, 11) is 1.61. The molecule has 2 atom stereocenters. The zero-order valence-corrected chi connectivity index (χ0v) is 22.1. The molecule has 4 rings (SSSR count). The minimum atomic E-state index is -4.43. The lowest BCUT2D eigenvalue weighted by Crippen LogP contribution is -2.59. The average Bonchev–Trinajstić information content (AvgIpc) is 3.15. The number of hydrogen-bond acceptors (Lipinski definition) is 4. The van der Waals surface area contributed by atoms with Gasteiger partial charge < -0.3 is 19.9 Å². The van der Waals surface area contributed by atoms with Gasteiger partial charge in [0.2, 0.25) is 5.91 Å². The van der Waals surface area contributed by atoms with Crippen LogP contribution in [0.1, 0.15) is 44.2 Å². The third-order valence-electron chi connectivity index (χ3n) is 7.50.